The Labute approximate surface area is 259 Å². The Morgan fingerprint density at radius 1 is 0.432 bits per heavy atom. The maximum atomic E-state index is 4.66. The van der Waals surface area contributed by atoms with Gasteiger partial charge in [-0.2, -0.15) is 0 Å². The topological polar surface area (TPSA) is 16.1 Å². The van der Waals surface area contributed by atoms with Gasteiger partial charge in [0, 0.05) is 28.3 Å². The number of anilines is 3. The van der Waals surface area contributed by atoms with Crippen LogP contribution in [0, 0.1) is 0 Å². The fourth-order valence-electron chi connectivity index (χ4n) is 6.61. The molecule has 0 bridgehead atoms. The van der Waals surface area contributed by atoms with Crippen LogP contribution in [-0.4, -0.2) is 4.98 Å². The summed E-state index contributed by atoms with van der Waals surface area (Å²) in [5, 5.41) is 10.2. The Balaban J connectivity index is 1.14. The monoisotopic (exact) mass is 578 g/mol. The molecule has 2 heterocycles. The molecule has 0 aliphatic heterocycles. The number of hydrogen-bond acceptors (Lipinski definition) is 3. The molecule has 9 rings (SSSR count). The molecule has 0 amide bonds. The molecule has 0 aliphatic carbocycles. The number of fused-ring (bicyclic) bond motifs is 8. The van der Waals surface area contributed by atoms with E-state index in [2.05, 4.69) is 155 Å². The second kappa shape index (κ2) is 10.0. The average Bonchev–Trinajstić information content (AvgIpc) is 3.48. The summed E-state index contributed by atoms with van der Waals surface area (Å²) in [7, 11) is 0. The lowest BCUT2D eigenvalue weighted by Crippen LogP contribution is -2.09. The second-order valence-electron chi connectivity index (χ2n) is 11.2. The molecule has 206 valence electrons. The number of para-hydroxylation sites is 1. The van der Waals surface area contributed by atoms with Crippen LogP contribution >= 0.6 is 11.3 Å². The van der Waals surface area contributed by atoms with Crippen LogP contribution in [-0.2, 0) is 0 Å². The molecular weight excluding hydrogens is 553 g/mol. The largest absolute Gasteiger partial charge is 0.309 e. The van der Waals surface area contributed by atoms with Crippen molar-refractivity contribution in [2.75, 3.05) is 4.90 Å². The van der Waals surface area contributed by atoms with Crippen molar-refractivity contribution in [1.82, 2.24) is 4.98 Å². The molecule has 9 aromatic rings. The highest BCUT2D eigenvalue weighted by Gasteiger charge is 2.18. The highest BCUT2D eigenvalue weighted by atomic mass is 32.1. The van der Waals surface area contributed by atoms with Crippen LogP contribution in [0.4, 0.5) is 17.1 Å². The van der Waals surface area contributed by atoms with Gasteiger partial charge in [0.25, 0.3) is 0 Å². The summed E-state index contributed by atoms with van der Waals surface area (Å²) in [6, 6.07) is 54.9. The van der Waals surface area contributed by atoms with Crippen molar-refractivity contribution in [2.45, 2.75) is 0 Å². The molecule has 0 aliphatic rings. The van der Waals surface area contributed by atoms with Crippen molar-refractivity contribution in [3.05, 3.63) is 158 Å². The Hall–Kier alpha value is -5.51. The molecule has 3 heteroatoms. The van der Waals surface area contributed by atoms with E-state index in [0.717, 1.165) is 21.9 Å². The summed E-state index contributed by atoms with van der Waals surface area (Å²) in [5.74, 6) is 0. The zero-order valence-corrected chi connectivity index (χ0v) is 24.6. The van der Waals surface area contributed by atoms with Crippen LogP contribution in [0.15, 0.2) is 158 Å². The summed E-state index contributed by atoms with van der Waals surface area (Å²) >= 11 is 1.76. The lowest BCUT2D eigenvalue weighted by atomic mass is 9.95. The van der Waals surface area contributed by atoms with Gasteiger partial charge in [0.1, 0.15) is 4.83 Å². The van der Waals surface area contributed by atoms with E-state index in [1.54, 1.807) is 11.3 Å². The molecule has 2 nitrogen and oxygen atoms in total. The van der Waals surface area contributed by atoms with Crippen molar-refractivity contribution in [3.8, 4) is 11.1 Å². The smallest absolute Gasteiger partial charge is 0.124 e. The second-order valence-corrected chi connectivity index (χ2v) is 12.2. The predicted molar refractivity (Wildman–Crippen MR) is 190 cm³/mol. The van der Waals surface area contributed by atoms with Crippen LogP contribution in [0.1, 0.15) is 0 Å². The number of rotatable bonds is 4. The first-order chi connectivity index (χ1) is 21.8. The molecule has 0 unspecified atom stereocenters. The van der Waals surface area contributed by atoms with Crippen molar-refractivity contribution in [3.63, 3.8) is 0 Å². The van der Waals surface area contributed by atoms with Crippen LogP contribution in [0.2, 0.25) is 0 Å². The lowest BCUT2D eigenvalue weighted by Gasteiger charge is -2.26. The molecule has 2 aromatic heterocycles. The fraction of sp³-hybridized carbons (Fsp3) is 0. The zero-order chi connectivity index (χ0) is 29.0. The molecule has 0 fully saturated rings. The lowest BCUT2D eigenvalue weighted by molar-refractivity contribution is 1.30. The fourth-order valence-corrected chi connectivity index (χ4v) is 7.76. The van der Waals surface area contributed by atoms with Gasteiger partial charge in [-0.15, -0.1) is 11.3 Å². The van der Waals surface area contributed by atoms with E-state index < -0.39 is 0 Å². The van der Waals surface area contributed by atoms with Crippen molar-refractivity contribution in [1.29, 1.82) is 0 Å². The van der Waals surface area contributed by atoms with E-state index >= 15 is 0 Å². The van der Waals surface area contributed by atoms with Gasteiger partial charge in [-0.3, -0.25) is 0 Å². The van der Waals surface area contributed by atoms with E-state index in [-0.39, 0.29) is 0 Å². The SMILES string of the molecule is c1ccc(N(c2ccc(-c3ccc4c(ccc5c6ccccc6ccc45)c3)cc2)c2cccc3c2sc2ncccc23)cc1. The summed E-state index contributed by atoms with van der Waals surface area (Å²) < 4.78 is 1.24. The Bertz CT molecular complexity index is 2490. The average molecular weight is 579 g/mol. The molecule has 0 saturated carbocycles. The van der Waals surface area contributed by atoms with Crippen molar-refractivity contribution >= 4 is 81.0 Å². The third kappa shape index (κ3) is 3.98. The van der Waals surface area contributed by atoms with Gasteiger partial charge < -0.3 is 4.90 Å². The molecule has 7 aromatic carbocycles. The maximum absolute atomic E-state index is 4.66. The number of benzene rings is 7. The van der Waals surface area contributed by atoms with Crippen LogP contribution in [0.5, 0.6) is 0 Å². The summed E-state index contributed by atoms with van der Waals surface area (Å²) in [5.41, 5.74) is 5.83. The number of thiophene rings is 1. The van der Waals surface area contributed by atoms with Gasteiger partial charge in [0.05, 0.1) is 10.4 Å². The van der Waals surface area contributed by atoms with Gasteiger partial charge >= 0.3 is 0 Å². The van der Waals surface area contributed by atoms with Crippen molar-refractivity contribution in [2.24, 2.45) is 0 Å². The quantitative estimate of drug-likeness (QED) is 0.193. The highest BCUT2D eigenvalue weighted by molar-refractivity contribution is 7.26. The third-order valence-electron chi connectivity index (χ3n) is 8.71. The van der Waals surface area contributed by atoms with Gasteiger partial charge in [0.2, 0.25) is 0 Å². The first-order valence-electron chi connectivity index (χ1n) is 14.9. The standard InChI is InChI=1S/C41H26N2S/c1-2-9-31(10-3-1)43(39-14-6-12-37-38-13-7-25-42-41(38)44-40(37)39)32-20-15-27(16-21-32)29-18-22-34-30(26-29)19-24-35-33-11-5-4-8-28(33)17-23-36(34)35/h1-26H. The van der Waals surface area contributed by atoms with Gasteiger partial charge in [-0.1, -0.05) is 103 Å². The molecule has 0 saturated heterocycles. The first kappa shape index (κ1) is 25.0. The van der Waals surface area contributed by atoms with Crippen LogP contribution in [0.3, 0.4) is 0 Å². The Morgan fingerprint density at radius 2 is 1.09 bits per heavy atom. The highest BCUT2D eigenvalue weighted by Crippen LogP contribution is 2.44. The van der Waals surface area contributed by atoms with Crippen LogP contribution in [0.25, 0.3) is 63.7 Å². The van der Waals surface area contributed by atoms with E-state index in [9.17, 15) is 0 Å². The van der Waals surface area contributed by atoms with E-state index in [1.165, 1.54) is 58.9 Å². The first-order valence-corrected chi connectivity index (χ1v) is 15.7. The van der Waals surface area contributed by atoms with Crippen LogP contribution < -0.4 is 4.90 Å². The molecule has 44 heavy (non-hydrogen) atoms. The minimum atomic E-state index is 1.07. The molecular formula is C41H26N2S. The summed E-state index contributed by atoms with van der Waals surface area (Å²) in [6.07, 6.45) is 1.88. The van der Waals surface area contributed by atoms with E-state index in [1.807, 2.05) is 12.3 Å². The van der Waals surface area contributed by atoms with Gasteiger partial charge in [-0.25, -0.2) is 4.98 Å². The Kier molecular flexibility index (Phi) is 5.71. The summed E-state index contributed by atoms with van der Waals surface area (Å²) in [4.78, 5) is 8.09. The maximum Gasteiger partial charge on any atom is 0.124 e. The van der Waals surface area contributed by atoms with Crippen molar-refractivity contribution < 1.29 is 0 Å². The molecule has 0 atom stereocenters. The number of pyridine rings is 1. The van der Waals surface area contributed by atoms with E-state index in [4.69, 9.17) is 0 Å². The zero-order valence-electron chi connectivity index (χ0n) is 23.8. The molecule has 0 spiro atoms. The number of hydrogen-bond donors (Lipinski definition) is 0. The normalized spacial score (nSPS) is 11.6. The Morgan fingerprint density at radius 3 is 1.95 bits per heavy atom. The van der Waals surface area contributed by atoms with Gasteiger partial charge in [-0.05, 0) is 92.0 Å². The van der Waals surface area contributed by atoms with Gasteiger partial charge in [0.15, 0.2) is 0 Å². The summed E-state index contributed by atoms with van der Waals surface area (Å²) in [6.45, 7) is 0. The number of nitrogens with zero attached hydrogens (tertiary/aromatic N) is 2. The number of aromatic nitrogens is 1. The molecule has 0 radical (unpaired) electrons. The minimum absolute atomic E-state index is 1.07. The predicted octanol–water partition coefficient (Wildman–Crippen LogP) is 12.0. The molecule has 0 N–H and O–H groups in total. The van der Waals surface area contributed by atoms with E-state index in [0.29, 0.717) is 0 Å². The minimum Gasteiger partial charge on any atom is -0.309 e. The third-order valence-corrected chi connectivity index (χ3v) is 9.86.